The van der Waals surface area contributed by atoms with E-state index >= 15 is 0 Å². The number of carbonyl (C=O) groups is 2. The average Bonchev–Trinajstić information content (AvgIpc) is 2.59. The molecule has 0 aliphatic carbocycles. The summed E-state index contributed by atoms with van der Waals surface area (Å²) < 4.78 is 0. The molecule has 1 aromatic carbocycles. The van der Waals surface area contributed by atoms with Crippen LogP contribution in [0.5, 0.6) is 0 Å². The third-order valence-electron chi connectivity index (χ3n) is 3.82. The summed E-state index contributed by atoms with van der Waals surface area (Å²) in [7, 11) is 0. The van der Waals surface area contributed by atoms with Crippen LogP contribution >= 0.6 is 0 Å². The number of nitrogens with one attached hydrogen (secondary N) is 3. The summed E-state index contributed by atoms with van der Waals surface area (Å²) in [4.78, 5) is 25.6. The Labute approximate surface area is 137 Å². The smallest absolute Gasteiger partial charge is 0.315 e. The van der Waals surface area contributed by atoms with Gasteiger partial charge in [-0.3, -0.25) is 4.79 Å². The van der Waals surface area contributed by atoms with Crippen molar-refractivity contribution in [3.05, 3.63) is 24.3 Å². The van der Waals surface area contributed by atoms with Crippen molar-refractivity contribution in [3.8, 4) is 0 Å². The molecule has 0 aromatic heterocycles. The molecule has 1 fully saturated rings. The van der Waals surface area contributed by atoms with Gasteiger partial charge in [0.05, 0.1) is 6.54 Å². The van der Waals surface area contributed by atoms with Gasteiger partial charge in [-0.1, -0.05) is 6.92 Å². The minimum Gasteiger partial charge on any atom is -0.372 e. The third kappa shape index (κ3) is 5.81. The lowest BCUT2D eigenvalue weighted by molar-refractivity contribution is -0.115. The molecule has 1 aliphatic heterocycles. The summed E-state index contributed by atoms with van der Waals surface area (Å²) in [6.45, 7) is 4.74. The molecule has 0 bridgehead atoms. The quantitative estimate of drug-likeness (QED) is 0.753. The maximum atomic E-state index is 11.8. The first-order valence-corrected chi connectivity index (χ1v) is 8.35. The number of nitrogens with zero attached hydrogens (tertiary/aromatic N) is 1. The molecule has 0 spiro atoms. The molecule has 2 rings (SSSR count). The first-order chi connectivity index (χ1) is 11.2. The van der Waals surface area contributed by atoms with Crippen LogP contribution < -0.4 is 20.9 Å². The Kier molecular flexibility index (Phi) is 6.72. The van der Waals surface area contributed by atoms with Gasteiger partial charge in [0.15, 0.2) is 0 Å². The van der Waals surface area contributed by atoms with Crippen LogP contribution in [0.1, 0.15) is 32.6 Å². The molecule has 23 heavy (non-hydrogen) atoms. The zero-order chi connectivity index (χ0) is 16.5. The van der Waals surface area contributed by atoms with Crippen molar-refractivity contribution in [2.75, 3.05) is 36.4 Å². The molecule has 6 heteroatoms. The molecular weight excluding hydrogens is 292 g/mol. The van der Waals surface area contributed by atoms with Gasteiger partial charge in [-0.25, -0.2) is 4.79 Å². The van der Waals surface area contributed by atoms with Gasteiger partial charge < -0.3 is 20.9 Å². The van der Waals surface area contributed by atoms with Gasteiger partial charge in [-0.2, -0.15) is 0 Å². The fourth-order valence-corrected chi connectivity index (χ4v) is 2.57. The molecule has 0 radical (unpaired) electrons. The first-order valence-electron chi connectivity index (χ1n) is 8.35. The summed E-state index contributed by atoms with van der Waals surface area (Å²) in [5.74, 6) is -0.234. The second-order valence-corrected chi connectivity index (χ2v) is 5.75. The van der Waals surface area contributed by atoms with Crippen LogP contribution in [0.2, 0.25) is 0 Å². The fourth-order valence-electron chi connectivity index (χ4n) is 2.57. The second kappa shape index (κ2) is 9.02. The van der Waals surface area contributed by atoms with E-state index in [-0.39, 0.29) is 18.5 Å². The summed E-state index contributed by atoms with van der Waals surface area (Å²) in [5, 5.41) is 7.97. The van der Waals surface area contributed by atoms with Crippen molar-refractivity contribution < 1.29 is 9.59 Å². The van der Waals surface area contributed by atoms with E-state index in [1.54, 1.807) is 0 Å². The van der Waals surface area contributed by atoms with Crippen molar-refractivity contribution in [2.24, 2.45) is 0 Å². The lowest BCUT2D eigenvalue weighted by atomic mass is 10.1. The minimum absolute atomic E-state index is 0.0383. The Morgan fingerprint density at radius 3 is 2.39 bits per heavy atom. The maximum Gasteiger partial charge on any atom is 0.315 e. The SMILES string of the molecule is CCCNC(=O)NCC(=O)Nc1ccc(N2CCCCC2)cc1. The summed E-state index contributed by atoms with van der Waals surface area (Å²) in [6.07, 6.45) is 4.65. The highest BCUT2D eigenvalue weighted by Gasteiger charge is 2.11. The molecule has 0 atom stereocenters. The number of hydrogen-bond donors (Lipinski definition) is 3. The minimum atomic E-state index is -0.317. The number of carbonyl (C=O) groups excluding carboxylic acids is 2. The predicted molar refractivity (Wildman–Crippen MR) is 92.8 cm³/mol. The maximum absolute atomic E-state index is 11.8. The molecule has 1 heterocycles. The lowest BCUT2D eigenvalue weighted by Crippen LogP contribution is -2.40. The molecule has 0 saturated carbocycles. The molecule has 126 valence electrons. The summed E-state index contributed by atoms with van der Waals surface area (Å²) in [5.41, 5.74) is 1.94. The van der Waals surface area contributed by atoms with E-state index in [1.165, 1.54) is 24.9 Å². The predicted octanol–water partition coefficient (Wildman–Crippen LogP) is 2.32. The van der Waals surface area contributed by atoms with Gasteiger partial charge in [0.25, 0.3) is 0 Å². The molecule has 1 aliphatic rings. The standard InChI is InChI=1S/C17H26N4O2/c1-2-10-18-17(23)19-13-16(22)20-14-6-8-15(9-7-14)21-11-4-3-5-12-21/h6-9H,2-5,10-13H2,1H3,(H,20,22)(H2,18,19,23). The van der Waals surface area contributed by atoms with Gasteiger partial charge in [0.1, 0.15) is 0 Å². The molecule has 6 nitrogen and oxygen atoms in total. The highest BCUT2D eigenvalue weighted by Crippen LogP contribution is 2.21. The van der Waals surface area contributed by atoms with E-state index in [2.05, 4.69) is 20.9 Å². The lowest BCUT2D eigenvalue weighted by Gasteiger charge is -2.28. The first kappa shape index (κ1) is 17.1. The molecule has 1 aromatic rings. The van der Waals surface area contributed by atoms with Crippen LogP contribution in [0.25, 0.3) is 0 Å². The Balaban J connectivity index is 1.76. The van der Waals surface area contributed by atoms with Gasteiger partial charge in [-0.05, 0) is 49.9 Å². The highest BCUT2D eigenvalue weighted by atomic mass is 16.2. The normalized spacial score (nSPS) is 14.2. The van der Waals surface area contributed by atoms with Crippen LogP contribution in [0, 0.1) is 0 Å². The zero-order valence-electron chi connectivity index (χ0n) is 13.7. The van der Waals surface area contributed by atoms with Gasteiger partial charge in [-0.15, -0.1) is 0 Å². The largest absolute Gasteiger partial charge is 0.372 e. The zero-order valence-corrected chi connectivity index (χ0v) is 13.7. The molecule has 3 amide bonds. The van der Waals surface area contributed by atoms with E-state index in [0.717, 1.165) is 25.2 Å². The summed E-state index contributed by atoms with van der Waals surface area (Å²) in [6, 6.07) is 7.55. The van der Waals surface area contributed by atoms with Crippen molar-refractivity contribution in [3.63, 3.8) is 0 Å². The Morgan fingerprint density at radius 2 is 1.74 bits per heavy atom. The van der Waals surface area contributed by atoms with Gasteiger partial charge in [0, 0.05) is 31.0 Å². The van der Waals surface area contributed by atoms with Crippen LogP contribution in [0.15, 0.2) is 24.3 Å². The second-order valence-electron chi connectivity index (χ2n) is 5.75. The Bertz CT molecular complexity index is 510. The number of amides is 3. The average molecular weight is 318 g/mol. The summed E-state index contributed by atoms with van der Waals surface area (Å²) >= 11 is 0. The number of piperidine rings is 1. The monoisotopic (exact) mass is 318 g/mol. The fraction of sp³-hybridized carbons (Fsp3) is 0.529. The van der Waals surface area contributed by atoms with Crippen molar-refractivity contribution in [1.82, 2.24) is 10.6 Å². The number of urea groups is 1. The van der Waals surface area contributed by atoms with Crippen LogP contribution in [0.3, 0.4) is 0 Å². The molecule has 3 N–H and O–H groups in total. The number of anilines is 2. The van der Waals surface area contributed by atoms with Crippen molar-refractivity contribution >= 4 is 23.3 Å². The van der Waals surface area contributed by atoms with E-state index in [0.29, 0.717) is 6.54 Å². The molecular formula is C17H26N4O2. The number of hydrogen-bond acceptors (Lipinski definition) is 3. The van der Waals surface area contributed by atoms with Crippen LogP contribution in [-0.2, 0) is 4.79 Å². The third-order valence-corrected chi connectivity index (χ3v) is 3.82. The van der Waals surface area contributed by atoms with Gasteiger partial charge in [0.2, 0.25) is 5.91 Å². The number of rotatable bonds is 6. The van der Waals surface area contributed by atoms with E-state index < -0.39 is 0 Å². The van der Waals surface area contributed by atoms with Crippen molar-refractivity contribution in [2.45, 2.75) is 32.6 Å². The van der Waals surface area contributed by atoms with Crippen LogP contribution in [-0.4, -0.2) is 38.1 Å². The molecule has 0 unspecified atom stereocenters. The number of benzene rings is 1. The van der Waals surface area contributed by atoms with Gasteiger partial charge >= 0.3 is 6.03 Å². The van der Waals surface area contributed by atoms with E-state index in [1.807, 2.05) is 31.2 Å². The van der Waals surface area contributed by atoms with E-state index in [9.17, 15) is 9.59 Å². The van der Waals surface area contributed by atoms with E-state index in [4.69, 9.17) is 0 Å². The molecule has 1 saturated heterocycles. The van der Waals surface area contributed by atoms with Crippen LogP contribution in [0.4, 0.5) is 16.2 Å². The van der Waals surface area contributed by atoms with Crippen molar-refractivity contribution in [1.29, 1.82) is 0 Å². The topological polar surface area (TPSA) is 73.5 Å². The Morgan fingerprint density at radius 1 is 1.04 bits per heavy atom. The highest BCUT2D eigenvalue weighted by molar-refractivity contribution is 5.94. The Hall–Kier alpha value is -2.24.